The van der Waals surface area contributed by atoms with Crippen LogP contribution >= 0.6 is 0 Å². The van der Waals surface area contributed by atoms with E-state index in [2.05, 4.69) is 5.32 Å². The lowest BCUT2D eigenvalue weighted by Crippen LogP contribution is -2.33. The summed E-state index contributed by atoms with van der Waals surface area (Å²) in [5.41, 5.74) is 3.22. The summed E-state index contributed by atoms with van der Waals surface area (Å²) in [6.07, 6.45) is 4.81. The zero-order valence-electron chi connectivity index (χ0n) is 15.7. The lowest BCUT2D eigenvalue weighted by Gasteiger charge is -2.16. The van der Waals surface area contributed by atoms with Crippen LogP contribution in [0, 0.1) is 5.82 Å². The fourth-order valence-electron chi connectivity index (χ4n) is 3.96. The smallest absolute Gasteiger partial charge is 0.221 e. The van der Waals surface area contributed by atoms with Crippen molar-refractivity contribution in [3.8, 4) is 0 Å². The van der Waals surface area contributed by atoms with E-state index in [0.29, 0.717) is 11.4 Å². The number of nitrogens with one attached hydrogen (secondary N) is 1. The Morgan fingerprint density at radius 1 is 1.04 bits per heavy atom. The molecule has 2 aromatic carbocycles. The van der Waals surface area contributed by atoms with Gasteiger partial charge < -0.3 is 5.32 Å². The first-order valence-electron chi connectivity index (χ1n) is 9.75. The molecule has 0 bridgehead atoms. The molecule has 1 amide bonds. The van der Waals surface area contributed by atoms with Gasteiger partial charge in [-0.25, -0.2) is 12.8 Å². The van der Waals surface area contributed by atoms with E-state index in [4.69, 9.17) is 0 Å². The molecule has 2 aliphatic carbocycles. The van der Waals surface area contributed by atoms with E-state index >= 15 is 0 Å². The monoisotopic (exact) mass is 401 g/mol. The highest BCUT2D eigenvalue weighted by Crippen LogP contribution is 2.47. The Balaban J connectivity index is 1.32. The first-order valence-corrected chi connectivity index (χ1v) is 11.4. The Hall–Kier alpha value is -2.21. The second-order valence-corrected chi connectivity index (χ2v) is 10.0. The van der Waals surface area contributed by atoms with Crippen LogP contribution in [0.3, 0.4) is 0 Å². The van der Waals surface area contributed by atoms with Gasteiger partial charge in [-0.2, -0.15) is 0 Å². The summed E-state index contributed by atoms with van der Waals surface area (Å²) in [4.78, 5) is 12.5. The summed E-state index contributed by atoms with van der Waals surface area (Å²) >= 11 is 0. The Morgan fingerprint density at radius 3 is 2.46 bits per heavy atom. The van der Waals surface area contributed by atoms with Gasteiger partial charge in [0.1, 0.15) is 5.82 Å². The molecule has 148 valence electrons. The first kappa shape index (κ1) is 19.1. The van der Waals surface area contributed by atoms with Crippen LogP contribution in [-0.2, 0) is 32.9 Å². The van der Waals surface area contributed by atoms with Crippen molar-refractivity contribution < 1.29 is 17.6 Å². The standard InChI is InChI=1S/C22H24FNO3S/c23-19-7-5-18(6-8-19)22(11-12-22)15-24-21(25)10-13-28(26,27)20-9-4-16-2-1-3-17(16)14-20/h4-9,14H,1-3,10-13,15H2,(H,24,25). The second kappa shape index (κ2) is 7.32. The number of fused-ring (bicyclic) bond motifs is 1. The van der Waals surface area contributed by atoms with E-state index in [-0.39, 0.29) is 29.3 Å². The van der Waals surface area contributed by atoms with E-state index < -0.39 is 9.84 Å². The third-order valence-corrected chi connectivity index (χ3v) is 7.67. The second-order valence-electron chi connectivity index (χ2n) is 7.92. The van der Waals surface area contributed by atoms with Gasteiger partial charge in [-0.05, 0) is 73.1 Å². The zero-order valence-corrected chi connectivity index (χ0v) is 16.5. The molecule has 2 aliphatic rings. The van der Waals surface area contributed by atoms with Gasteiger partial charge in [-0.15, -0.1) is 0 Å². The molecule has 1 fully saturated rings. The Morgan fingerprint density at radius 2 is 1.75 bits per heavy atom. The van der Waals surface area contributed by atoms with E-state index in [1.54, 1.807) is 24.3 Å². The quantitative estimate of drug-likeness (QED) is 0.774. The Kier molecular flexibility index (Phi) is 5.00. The van der Waals surface area contributed by atoms with Gasteiger partial charge in [0, 0.05) is 18.4 Å². The van der Waals surface area contributed by atoms with Crippen molar-refractivity contribution in [2.45, 2.75) is 48.8 Å². The molecule has 0 heterocycles. The third-order valence-electron chi connectivity index (χ3n) is 5.96. The molecule has 0 atom stereocenters. The summed E-state index contributed by atoms with van der Waals surface area (Å²) < 4.78 is 38.3. The molecule has 0 aliphatic heterocycles. The van der Waals surface area contributed by atoms with E-state index in [0.717, 1.165) is 43.2 Å². The summed E-state index contributed by atoms with van der Waals surface area (Å²) in [7, 11) is -3.47. The molecule has 4 rings (SSSR count). The van der Waals surface area contributed by atoms with Gasteiger partial charge in [0.15, 0.2) is 9.84 Å². The van der Waals surface area contributed by atoms with Crippen molar-refractivity contribution in [2.75, 3.05) is 12.3 Å². The molecule has 0 spiro atoms. The number of benzene rings is 2. The van der Waals surface area contributed by atoms with Crippen molar-refractivity contribution in [3.05, 3.63) is 65.0 Å². The predicted octanol–water partition coefficient (Wildman–Crippen LogP) is 3.33. The first-order chi connectivity index (χ1) is 13.4. The number of carbonyl (C=O) groups is 1. The molecule has 6 heteroatoms. The van der Waals surface area contributed by atoms with Crippen LogP contribution in [0.5, 0.6) is 0 Å². The van der Waals surface area contributed by atoms with Crippen LogP contribution in [0.15, 0.2) is 47.4 Å². The molecule has 1 saturated carbocycles. The molecule has 0 aromatic heterocycles. The molecule has 28 heavy (non-hydrogen) atoms. The number of halogens is 1. The molecular weight excluding hydrogens is 377 g/mol. The van der Waals surface area contributed by atoms with Crippen molar-refractivity contribution in [3.63, 3.8) is 0 Å². The minimum absolute atomic E-state index is 0.0566. The highest BCUT2D eigenvalue weighted by Gasteiger charge is 2.44. The van der Waals surface area contributed by atoms with Crippen LogP contribution < -0.4 is 5.32 Å². The molecule has 4 nitrogen and oxygen atoms in total. The maximum Gasteiger partial charge on any atom is 0.221 e. The highest BCUT2D eigenvalue weighted by molar-refractivity contribution is 7.91. The topological polar surface area (TPSA) is 63.2 Å². The Labute approximate surface area is 165 Å². The van der Waals surface area contributed by atoms with Gasteiger partial charge in [0.05, 0.1) is 10.6 Å². The number of hydrogen-bond donors (Lipinski definition) is 1. The van der Waals surface area contributed by atoms with Gasteiger partial charge in [0.2, 0.25) is 5.91 Å². The van der Waals surface area contributed by atoms with Crippen LogP contribution in [0.2, 0.25) is 0 Å². The molecular formula is C22H24FNO3S. The van der Waals surface area contributed by atoms with Crippen LogP contribution in [0.25, 0.3) is 0 Å². The number of rotatable bonds is 7. The van der Waals surface area contributed by atoms with E-state index in [9.17, 15) is 17.6 Å². The number of amides is 1. The van der Waals surface area contributed by atoms with E-state index in [1.807, 2.05) is 6.07 Å². The lowest BCUT2D eigenvalue weighted by atomic mass is 9.96. The van der Waals surface area contributed by atoms with Crippen LogP contribution in [-0.4, -0.2) is 26.6 Å². The highest BCUT2D eigenvalue weighted by atomic mass is 32.2. The largest absolute Gasteiger partial charge is 0.355 e. The van der Waals surface area contributed by atoms with Crippen molar-refractivity contribution in [2.24, 2.45) is 0 Å². The third kappa shape index (κ3) is 3.97. The minimum atomic E-state index is -3.47. The van der Waals surface area contributed by atoms with Crippen LogP contribution in [0.4, 0.5) is 4.39 Å². The van der Waals surface area contributed by atoms with Gasteiger partial charge >= 0.3 is 0 Å². The number of carbonyl (C=O) groups excluding carboxylic acids is 1. The van der Waals surface area contributed by atoms with Crippen molar-refractivity contribution in [1.29, 1.82) is 0 Å². The van der Waals surface area contributed by atoms with Crippen molar-refractivity contribution >= 4 is 15.7 Å². The fourth-order valence-corrected chi connectivity index (χ4v) is 5.25. The number of hydrogen-bond acceptors (Lipinski definition) is 3. The van der Waals surface area contributed by atoms with Crippen molar-refractivity contribution in [1.82, 2.24) is 5.32 Å². The summed E-state index contributed by atoms with van der Waals surface area (Å²) in [6.45, 7) is 0.455. The normalized spacial score (nSPS) is 17.2. The zero-order chi connectivity index (χ0) is 19.8. The molecule has 2 aromatic rings. The number of aryl methyl sites for hydroxylation is 2. The lowest BCUT2D eigenvalue weighted by molar-refractivity contribution is -0.120. The Bertz CT molecular complexity index is 995. The minimum Gasteiger partial charge on any atom is -0.355 e. The molecule has 0 radical (unpaired) electrons. The SMILES string of the molecule is O=C(CCS(=O)(=O)c1ccc2c(c1)CCC2)NCC1(c2ccc(F)cc2)CC1. The van der Waals surface area contributed by atoms with Gasteiger partial charge in [0.25, 0.3) is 0 Å². The average Bonchev–Trinajstić information content (AvgIpc) is 3.33. The average molecular weight is 402 g/mol. The molecule has 0 saturated heterocycles. The van der Waals surface area contributed by atoms with Gasteiger partial charge in [-0.1, -0.05) is 18.2 Å². The maximum atomic E-state index is 13.1. The summed E-state index contributed by atoms with van der Waals surface area (Å²) in [5.74, 6) is -0.736. The molecule has 0 unspecified atom stereocenters. The molecule has 1 N–H and O–H groups in total. The van der Waals surface area contributed by atoms with Gasteiger partial charge in [-0.3, -0.25) is 4.79 Å². The number of sulfone groups is 1. The van der Waals surface area contributed by atoms with Crippen LogP contribution in [0.1, 0.15) is 42.4 Å². The summed E-state index contributed by atoms with van der Waals surface area (Å²) in [5, 5.41) is 2.87. The maximum absolute atomic E-state index is 13.1. The van der Waals surface area contributed by atoms with E-state index in [1.165, 1.54) is 17.7 Å². The predicted molar refractivity (Wildman–Crippen MR) is 105 cm³/mol. The summed E-state index contributed by atoms with van der Waals surface area (Å²) in [6, 6.07) is 11.7. The fraction of sp³-hybridized carbons (Fsp3) is 0.409.